The smallest absolute Gasteiger partial charge is 0.294 e. The van der Waals surface area contributed by atoms with Crippen LogP contribution in [0.25, 0.3) is 21.5 Å². The molecule has 2 aromatic heterocycles. The Hall–Kier alpha value is -3.52. The van der Waals surface area contributed by atoms with Crippen LogP contribution in [0.5, 0.6) is 5.75 Å². The van der Waals surface area contributed by atoms with Gasteiger partial charge in [-0.15, -0.1) is 11.3 Å². The Balaban J connectivity index is 1.77. The molecule has 7 nitrogen and oxygen atoms in total. The second-order valence-electron chi connectivity index (χ2n) is 6.82. The summed E-state index contributed by atoms with van der Waals surface area (Å²) in [5, 5.41) is 8.12. The van der Waals surface area contributed by atoms with Gasteiger partial charge in [-0.1, -0.05) is 30.3 Å². The molecule has 2 aromatic carbocycles. The number of amides is 1. The third-order valence-corrected chi connectivity index (χ3v) is 5.64. The van der Waals surface area contributed by atoms with E-state index in [1.165, 1.54) is 16.0 Å². The van der Waals surface area contributed by atoms with Crippen LogP contribution in [0.3, 0.4) is 0 Å². The Kier molecular flexibility index (Phi) is 5.33. The lowest BCUT2D eigenvalue weighted by Gasteiger charge is -2.11. The van der Waals surface area contributed by atoms with E-state index in [9.17, 15) is 9.59 Å². The van der Waals surface area contributed by atoms with E-state index in [-0.39, 0.29) is 18.0 Å². The van der Waals surface area contributed by atoms with Crippen LogP contribution in [0.2, 0.25) is 0 Å². The molecule has 0 aliphatic rings. The molecule has 0 fully saturated rings. The van der Waals surface area contributed by atoms with Crippen LogP contribution in [0.1, 0.15) is 10.6 Å². The van der Waals surface area contributed by atoms with Crippen molar-refractivity contribution in [3.05, 3.63) is 69.5 Å². The maximum absolute atomic E-state index is 12.9. The maximum Gasteiger partial charge on any atom is 0.294 e. The molecular weight excluding hydrogens is 400 g/mol. The predicted molar refractivity (Wildman–Crippen MR) is 118 cm³/mol. The van der Waals surface area contributed by atoms with E-state index in [0.29, 0.717) is 27.3 Å². The lowest BCUT2D eigenvalue weighted by Crippen LogP contribution is -2.30. The molecule has 8 heteroatoms. The minimum atomic E-state index is -0.388. The minimum absolute atomic E-state index is 0.212. The van der Waals surface area contributed by atoms with Gasteiger partial charge in [0.15, 0.2) is 5.52 Å². The molecule has 4 rings (SSSR count). The Morgan fingerprint density at radius 1 is 1.17 bits per heavy atom. The van der Waals surface area contributed by atoms with E-state index in [1.54, 1.807) is 7.11 Å². The van der Waals surface area contributed by atoms with Gasteiger partial charge in [-0.2, -0.15) is 5.10 Å². The highest BCUT2D eigenvalue weighted by Gasteiger charge is 2.18. The number of nitrogens with zero attached hydrogens (tertiary/aromatic N) is 3. The summed E-state index contributed by atoms with van der Waals surface area (Å²) < 4.78 is 7.18. The van der Waals surface area contributed by atoms with Gasteiger partial charge < -0.3 is 10.1 Å². The summed E-state index contributed by atoms with van der Waals surface area (Å²) in [6, 6.07) is 14.9. The number of fused-ring (bicyclic) bond motifs is 1. The second-order valence-corrected chi connectivity index (χ2v) is 8.02. The Labute approximate surface area is 177 Å². The number of anilines is 1. The molecule has 0 bridgehead atoms. The summed E-state index contributed by atoms with van der Waals surface area (Å²) in [6.07, 6.45) is 0. The van der Waals surface area contributed by atoms with Crippen molar-refractivity contribution in [2.75, 3.05) is 12.4 Å². The first-order valence-electron chi connectivity index (χ1n) is 9.34. The van der Waals surface area contributed by atoms with Crippen LogP contribution in [0.15, 0.2) is 53.3 Å². The maximum atomic E-state index is 12.9. The number of methoxy groups -OCH3 is 1. The Morgan fingerprint density at radius 2 is 1.97 bits per heavy atom. The van der Waals surface area contributed by atoms with Crippen molar-refractivity contribution in [3.63, 3.8) is 0 Å². The molecule has 0 spiro atoms. The van der Waals surface area contributed by atoms with Crippen molar-refractivity contribution >= 4 is 33.1 Å². The van der Waals surface area contributed by atoms with Crippen LogP contribution in [-0.4, -0.2) is 27.8 Å². The zero-order valence-corrected chi connectivity index (χ0v) is 17.6. The minimum Gasteiger partial charge on any atom is -0.497 e. The molecule has 0 radical (unpaired) electrons. The van der Waals surface area contributed by atoms with Crippen molar-refractivity contribution in [1.82, 2.24) is 14.8 Å². The van der Waals surface area contributed by atoms with Gasteiger partial charge in [-0.3, -0.25) is 9.59 Å². The van der Waals surface area contributed by atoms with Gasteiger partial charge in [-0.25, -0.2) is 9.67 Å². The third-order valence-electron chi connectivity index (χ3n) is 4.66. The summed E-state index contributed by atoms with van der Waals surface area (Å²) in [7, 11) is 1.59. The van der Waals surface area contributed by atoms with E-state index >= 15 is 0 Å². The van der Waals surface area contributed by atoms with Crippen LogP contribution < -0.4 is 15.6 Å². The first-order valence-corrected chi connectivity index (χ1v) is 10.2. The largest absolute Gasteiger partial charge is 0.497 e. The number of aryl methyl sites for hydroxylation is 2. The van der Waals surface area contributed by atoms with E-state index in [4.69, 9.17) is 4.74 Å². The van der Waals surface area contributed by atoms with Crippen molar-refractivity contribution < 1.29 is 9.53 Å². The van der Waals surface area contributed by atoms with Gasteiger partial charge in [0.05, 0.1) is 16.8 Å². The number of benzene rings is 2. The number of nitrogens with one attached hydrogen (secondary N) is 1. The molecule has 0 saturated carbocycles. The van der Waals surface area contributed by atoms with E-state index in [0.717, 1.165) is 16.1 Å². The monoisotopic (exact) mass is 420 g/mol. The fourth-order valence-corrected chi connectivity index (χ4v) is 4.09. The number of para-hydroxylation sites is 1. The van der Waals surface area contributed by atoms with E-state index in [1.807, 2.05) is 62.4 Å². The number of aromatic nitrogens is 3. The Bertz CT molecular complexity index is 1310. The number of carbonyl (C=O) groups is 1. The topological polar surface area (TPSA) is 86.1 Å². The zero-order valence-electron chi connectivity index (χ0n) is 16.8. The van der Waals surface area contributed by atoms with E-state index in [2.05, 4.69) is 15.4 Å². The second kappa shape index (κ2) is 8.08. The Morgan fingerprint density at radius 3 is 2.73 bits per heavy atom. The molecule has 0 unspecified atom stereocenters. The normalized spacial score (nSPS) is 10.9. The number of hydrogen-bond donors (Lipinski definition) is 1. The van der Waals surface area contributed by atoms with Gasteiger partial charge in [0.2, 0.25) is 5.91 Å². The highest BCUT2D eigenvalue weighted by Crippen LogP contribution is 2.31. The van der Waals surface area contributed by atoms with Crippen LogP contribution >= 0.6 is 11.3 Å². The SMILES string of the molecule is COc1cccc(-c2nn(CC(=O)Nc3ccccc3C)c(=O)c3nc(C)sc23)c1. The van der Waals surface area contributed by atoms with Crippen molar-refractivity contribution in [2.45, 2.75) is 20.4 Å². The number of carbonyl (C=O) groups excluding carboxylic acids is 1. The van der Waals surface area contributed by atoms with Gasteiger partial charge in [0.25, 0.3) is 5.56 Å². The molecule has 1 amide bonds. The predicted octanol–water partition coefficient (Wildman–Crippen LogP) is 3.78. The van der Waals surface area contributed by atoms with Crippen LogP contribution in [0, 0.1) is 13.8 Å². The third kappa shape index (κ3) is 3.81. The molecule has 0 atom stereocenters. The molecule has 1 N–H and O–H groups in total. The van der Waals surface area contributed by atoms with E-state index < -0.39 is 0 Å². The molecule has 0 saturated heterocycles. The summed E-state index contributed by atoms with van der Waals surface area (Å²) in [6.45, 7) is 3.54. The average molecular weight is 420 g/mol. The van der Waals surface area contributed by atoms with Crippen molar-refractivity contribution in [1.29, 1.82) is 0 Å². The lowest BCUT2D eigenvalue weighted by atomic mass is 10.1. The average Bonchev–Trinajstić information content (AvgIpc) is 3.13. The number of rotatable bonds is 5. The fourth-order valence-electron chi connectivity index (χ4n) is 3.17. The molecule has 4 aromatic rings. The number of ether oxygens (including phenoxy) is 1. The summed E-state index contributed by atoms with van der Waals surface area (Å²) >= 11 is 1.41. The fraction of sp³-hybridized carbons (Fsp3) is 0.182. The molecule has 0 aliphatic heterocycles. The highest BCUT2D eigenvalue weighted by atomic mass is 32.1. The van der Waals surface area contributed by atoms with Crippen LogP contribution in [0.4, 0.5) is 5.69 Å². The summed E-state index contributed by atoms with van der Waals surface area (Å²) in [5.41, 5.74) is 2.95. The molecular formula is C22H20N4O3S. The summed E-state index contributed by atoms with van der Waals surface area (Å²) in [5.74, 6) is 0.348. The standard InChI is InChI=1S/C22H20N4O3S/c1-13-7-4-5-10-17(13)24-18(27)12-26-22(28)20-21(30-14(2)23-20)19(25-26)15-8-6-9-16(11-15)29-3/h4-11H,12H2,1-3H3,(H,24,27). The first-order chi connectivity index (χ1) is 14.5. The molecule has 30 heavy (non-hydrogen) atoms. The number of hydrogen-bond acceptors (Lipinski definition) is 6. The van der Waals surface area contributed by atoms with Crippen molar-refractivity contribution in [3.8, 4) is 17.0 Å². The quantitative estimate of drug-likeness (QED) is 0.531. The van der Waals surface area contributed by atoms with Crippen LogP contribution in [-0.2, 0) is 11.3 Å². The van der Waals surface area contributed by atoms with Gasteiger partial charge in [-0.05, 0) is 37.6 Å². The first kappa shape index (κ1) is 19.8. The zero-order chi connectivity index (χ0) is 21.3. The number of thiazole rings is 1. The van der Waals surface area contributed by atoms with Gasteiger partial charge in [0.1, 0.15) is 18.0 Å². The summed E-state index contributed by atoms with van der Waals surface area (Å²) in [4.78, 5) is 30.0. The van der Waals surface area contributed by atoms with Crippen molar-refractivity contribution in [2.24, 2.45) is 0 Å². The lowest BCUT2D eigenvalue weighted by molar-refractivity contribution is -0.117. The molecule has 0 aliphatic carbocycles. The molecule has 2 heterocycles. The highest BCUT2D eigenvalue weighted by molar-refractivity contribution is 7.19. The molecule has 152 valence electrons. The van der Waals surface area contributed by atoms with Gasteiger partial charge >= 0.3 is 0 Å². The van der Waals surface area contributed by atoms with Gasteiger partial charge in [0, 0.05) is 11.3 Å².